The highest BCUT2D eigenvalue weighted by atomic mass is 19.3. The smallest absolute Gasteiger partial charge is 0.314 e. The highest BCUT2D eigenvalue weighted by Gasteiger charge is 2.51. The van der Waals surface area contributed by atoms with E-state index in [1.54, 1.807) is 6.07 Å². The molecule has 1 aliphatic rings. The zero-order valence-electron chi connectivity index (χ0n) is 7.91. The summed E-state index contributed by atoms with van der Waals surface area (Å²) < 4.78 is 24.8. The first-order chi connectivity index (χ1) is 7.06. The number of rotatable bonds is 3. The molecular weight excluding hydrogens is 202 g/mol. The van der Waals surface area contributed by atoms with Gasteiger partial charge in [-0.25, -0.2) is 8.78 Å². The van der Waals surface area contributed by atoms with Crippen molar-refractivity contribution >= 4 is 5.97 Å². The Kier molecular flexibility index (Phi) is 2.21. The van der Waals surface area contributed by atoms with Crippen molar-refractivity contribution in [3.63, 3.8) is 0 Å². The van der Waals surface area contributed by atoms with E-state index in [1.165, 1.54) is 18.2 Å². The Labute approximate surface area is 85.5 Å². The summed E-state index contributed by atoms with van der Waals surface area (Å²) in [6.07, 6.45) is -1.47. The Bertz CT molecular complexity index is 397. The summed E-state index contributed by atoms with van der Waals surface area (Å²) >= 11 is 0. The standard InChI is InChI=1S/C11H10F2O2/c12-9(13)7-2-1-3-8(6-7)11(4-5-11)10(14)15/h1-3,6,9H,4-5H2,(H,14,15). The lowest BCUT2D eigenvalue weighted by Crippen LogP contribution is -2.19. The maximum Gasteiger partial charge on any atom is 0.314 e. The van der Waals surface area contributed by atoms with Crippen LogP contribution in [0.5, 0.6) is 0 Å². The summed E-state index contributed by atoms with van der Waals surface area (Å²) in [7, 11) is 0. The number of carboxylic acids is 1. The zero-order chi connectivity index (χ0) is 11.1. The third kappa shape index (κ3) is 1.60. The van der Waals surface area contributed by atoms with Crippen molar-refractivity contribution < 1.29 is 18.7 Å². The molecular formula is C11H10F2O2. The van der Waals surface area contributed by atoms with E-state index in [4.69, 9.17) is 5.11 Å². The second-order valence-corrected chi connectivity index (χ2v) is 3.81. The summed E-state index contributed by atoms with van der Waals surface area (Å²) in [5.41, 5.74) is -0.516. The van der Waals surface area contributed by atoms with E-state index < -0.39 is 17.8 Å². The highest BCUT2D eigenvalue weighted by Crippen LogP contribution is 2.48. The molecule has 2 rings (SSSR count). The maximum atomic E-state index is 12.4. The summed E-state index contributed by atoms with van der Waals surface area (Å²) in [6.45, 7) is 0. The monoisotopic (exact) mass is 212 g/mol. The third-order valence-corrected chi connectivity index (χ3v) is 2.85. The molecule has 0 radical (unpaired) electrons. The van der Waals surface area contributed by atoms with Crippen LogP contribution in [0, 0.1) is 0 Å². The summed E-state index contributed by atoms with van der Waals surface area (Å²) in [5.74, 6) is -0.922. The molecule has 0 unspecified atom stereocenters. The van der Waals surface area contributed by atoms with E-state index in [2.05, 4.69) is 0 Å². The molecule has 1 fully saturated rings. The van der Waals surface area contributed by atoms with Gasteiger partial charge in [0.2, 0.25) is 0 Å². The molecule has 80 valence electrons. The molecule has 0 spiro atoms. The Morgan fingerprint density at radius 2 is 2.07 bits per heavy atom. The first-order valence-corrected chi connectivity index (χ1v) is 4.68. The minimum Gasteiger partial charge on any atom is -0.481 e. The predicted molar refractivity (Wildman–Crippen MR) is 49.9 cm³/mol. The van der Waals surface area contributed by atoms with Crippen molar-refractivity contribution in [2.45, 2.75) is 24.7 Å². The van der Waals surface area contributed by atoms with Crippen LogP contribution in [-0.2, 0) is 10.2 Å². The SMILES string of the molecule is O=C(O)C1(c2cccc(C(F)F)c2)CC1. The van der Waals surface area contributed by atoms with Gasteiger partial charge >= 0.3 is 5.97 Å². The number of aliphatic carboxylic acids is 1. The van der Waals surface area contributed by atoms with Crippen molar-refractivity contribution in [1.82, 2.24) is 0 Å². The molecule has 0 bridgehead atoms. The molecule has 1 aromatic carbocycles. The molecule has 4 heteroatoms. The van der Waals surface area contributed by atoms with Crippen LogP contribution in [0.1, 0.15) is 30.4 Å². The first kappa shape index (κ1) is 10.1. The van der Waals surface area contributed by atoms with Gasteiger partial charge in [-0.2, -0.15) is 0 Å². The zero-order valence-corrected chi connectivity index (χ0v) is 7.91. The van der Waals surface area contributed by atoms with E-state index >= 15 is 0 Å². The van der Waals surface area contributed by atoms with Crippen LogP contribution in [0.4, 0.5) is 8.78 Å². The fourth-order valence-corrected chi connectivity index (χ4v) is 1.72. The molecule has 1 saturated carbocycles. The fourth-order valence-electron chi connectivity index (χ4n) is 1.72. The number of carboxylic acid groups (broad SMARTS) is 1. The van der Waals surface area contributed by atoms with Crippen molar-refractivity contribution in [1.29, 1.82) is 0 Å². The molecule has 15 heavy (non-hydrogen) atoms. The number of hydrogen-bond acceptors (Lipinski definition) is 1. The van der Waals surface area contributed by atoms with Gasteiger partial charge in [0.15, 0.2) is 0 Å². The molecule has 0 aromatic heterocycles. The number of halogens is 2. The van der Waals surface area contributed by atoms with E-state index in [9.17, 15) is 13.6 Å². The number of alkyl halides is 2. The van der Waals surface area contributed by atoms with Gasteiger partial charge in [0.05, 0.1) is 5.41 Å². The van der Waals surface area contributed by atoms with Crippen molar-refractivity contribution in [2.24, 2.45) is 0 Å². The van der Waals surface area contributed by atoms with Crippen LogP contribution in [-0.4, -0.2) is 11.1 Å². The Balaban J connectivity index is 2.37. The van der Waals surface area contributed by atoms with Gasteiger partial charge in [-0.1, -0.05) is 18.2 Å². The van der Waals surface area contributed by atoms with Crippen molar-refractivity contribution in [3.05, 3.63) is 35.4 Å². The van der Waals surface area contributed by atoms with Crippen LogP contribution in [0.25, 0.3) is 0 Å². The average molecular weight is 212 g/mol. The Morgan fingerprint density at radius 1 is 1.40 bits per heavy atom. The van der Waals surface area contributed by atoms with E-state index in [0.717, 1.165) is 0 Å². The normalized spacial score (nSPS) is 17.8. The van der Waals surface area contributed by atoms with E-state index in [0.29, 0.717) is 18.4 Å². The van der Waals surface area contributed by atoms with Gasteiger partial charge in [-0.15, -0.1) is 0 Å². The second kappa shape index (κ2) is 3.29. The van der Waals surface area contributed by atoms with Crippen molar-refractivity contribution in [3.8, 4) is 0 Å². The molecule has 1 aromatic rings. The molecule has 1 aliphatic carbocycles. The Hall–Kier alpha value is -1.45. The summed E-state index contributed by atoms with van der Waals surface area (Å²) in [6, 6.07) is 5.70. The van der Waals surface area contributed by atoms with Crippen LogP contribution in [0.3, 0.4) is 0 Å². The van der Waals surface area contributed by atoms with Gasteiger partial charge in [0, 0.05) is 5.56 Å². The molecule has 0 aliphatic heterocycles. The van der Waals surface area contributed by atoms with E-state index in [-0.39, 0.29) is 5.56 Å². The number of hydrogen-bond donors (Lipinski definition) is 1. The van der Waals surface area contributed by atoms with Gasteiger partial charge in [-0.05, 0) is 24.5 Å². The van der Waals surface area contributed by atoms with Crippen molar-refractivity contribution in [2.75, 3.05) is 0 Å². The van der Waals surface area contributed by atoms with Gasteiger partial charge in [0.25, 0.3) is 6.43 Å². The summed E-state index contributed by atoms with van der Waals surface area (Å²) in [4.78, 5) is 11.0. The van der Waals surface area contributed by atoms with Crippen LogP contribution in [0.2, 0.25) is 0 Å². The molecule has 0 amide bonds. The molecule has 0 atom stereocenters. The minimum atomic E-state index is -2.55. The van der Waals surface area contributed by atoms with Crippen LogP contribution >= 0.6 is 0 Å². The Morgan fingerprint density at radius 3 is 2.53 bits per heavy atom. The van der Waals surface area contributed by atoms with E-state index in [1.807, 2.05) is 0 Å². The average Bonchev–Trinajstić information content (AvgIpc) is 2.98. The quantitative estimate of drug-likeness (QED) is 0.836. The minimum absolute atomic E-state index is 0.111. The molecule has 0 heterocycles. The predicted octanol–water partition coefficient (Wildman–Crippen LogP) is 2.74. The number of carbonyl (C=O) groups is 1. The molecule has 1 N–H and O–H groups in total. The topological polar surface area (TPSA) is 37.3 Å². The third-order valence-electron chi connectivity index (χ3n) is 2.85. The van der Waals surface area contributed by atoms with Gasteiger partial charge in [0.1, 0.15) is 0 Å². The fraction of sp³-hybridized carbons (Fsp3) is 0.364. The maximum absolute atomic E-state index is 12.4. The van der Waals surface area contributed by atoms with Gasteiger partial charge < -0.3 is 5.11 Å². The lowest BCUT2D eigenvalue weighted by Gasteiger charge is -2.11. The second-order valence-electron chi connectivity index (χ2n) is 3.81. The van der Waals surface area contributed by atoms with Crippen LogP contribution < -0.4 is 0 Å². The largest absolute Gasteiger partial charge is 0.481 e. The first-order valence-electron chi connectivity index (χ1n) is 4.68. The highest BCUT2D eigenvalue weighted by molar-refractivity contribution is 5.84. The van der Waals surface area contributed by atoms with Crippen LogP contribution in [0.15, 0.2) is 24.3 Å². The lowest BCUT2D eigenvalue weighted by molar-refractivity contribution is -0.140. The van der Waals surface area contributed by atoms with Gasteiger partial charge in [-0.3, -0.25) is 4.79 Å². The molecule has 0 saturated heterocycles. The number of benzene rings is 1. The lowest BCUT2D eigenvalue weighted by atomic mass is 9.95. The summed E-state index contributed by atoms with van der Waals surface area (Å²) in [5, 5.41) is 9.00. The molecule has 2 nitrogen and oxygen atoms in total.